The highest BCUT2D eigenvalue weighted by Crippen LogP contribution is 2.18. The van der Waals surface area contributed by atoms with Gasteiger partial charge in [-0.25, -0.2) is 0 Å². The molecule has 17 heavy (non-hydrogen) atoms. The molecule has 0 aliphatic rings. The van der Waals surface area contributed by atoms with E-state index in [0.29, 0.717) is 17.8 Å². The largest absolute Gasteiger partial charge is 0.332 e. The van der Waals surface area contributed by atoms with Crippen LogP contribution in [-0.2, 0) is 6.42 Å². The molecule has 2 heterocycles. The van der Waals surface area contributed by atoms with Gasteiger partial charge in [-0.2, -0.15) is 4.98 Å². The number of nitrogens with zero attached hydrogens (tertiary/aromatic N) is 3. The first-order valence-electron chi connectivity index (χ1n) is 5.62. The zero-order valence-corrected chi connectivity index (χ0v) is 10.3. The maximum absolute atomic E-state index is 5.23. The molecule has 0 aliphatic carbocycles. The van der Waals surface area contributed by atoms with Gasteiger partial charge in [-0.3, -0.25) is 4.98 Å². The number of pyridine rings is 1. The molecular formula is C12H16N4O. The van der Waals surface area contributed by atoms with Crippen LogP contribution >= 0.6 is 0 Å². The van der Waals surface area contributed by atoms with Gasteiger partial charge < -0.3 is 9.84 Å². The second-order valence-electron chi connectivity index (χ2n) is 4.08. The van der Waals surface area contributed by atoms with Gasteiger partial charge in [0.15, 0.2) is 5.82 Å². The van der Waals surface area contributed by atoms with Crippen LogP contribution in [0.5, 0.6) is 0 Å². The summed E-state index contributed by atoms with van der Waals surface area (Å²) in [6, 6.07) is 4.19. The Balaban J connectivity index is 2.21. The molecule has 1 atom stereocenters. The molecule has 0 saturated carbocycles. The molecule has 2 aromatic rings. The third-order valence-corrected chi connectivity index (χ3v) is 2.66. The molecule has 0 aliphatic heterocycles. The number of aryl methyl sites for hydroxylation is 1. The number of hydrogen-bond donors (Lipinski definition) is 1. The van der Waals surface area contributed by atoms with Gasteiger partial charge in [0.2, 0.25) is 0 Å². The summed E-state index contributed by atoms with van der Waals surface area (Å²) >= 11 is 0. The topological polar surface area (TPSA) is 63.8 Å². The van der Waals surface area contributed by atoms with Crippen molar-refractivity contribution in [1.82, 2.24) is 20.4 Å². The lowest BCUT2D eigenvalue weighted by Crippen LogP contribution is -2.24. The molecule has 2 rings (SSSR count). The average Bonchev–Trinajstić information content (AvgIpc) is 2.78. The van der Waals surface area contributed by atoms with Crippen molar-refractivity contribution < 1.29 is 4.52 Å². The fourth-order valence-corrected chi connectivity index (χ4v) is 1.52. The molecule has 0 aromatic carbocycles. The average molecular weight is 232 g/mol. The molecule has 2 aromatic heterocycles. The summed E-state index contributed by atoms with van der Waals surface area (Å²) < 4.78 is 5.23. The third kappa shape index (κ3) is 2.68. The molecule has 0 spiro atoms. The highest BCUT2D eigenvalue weighted by molar-refractivity contribution is 5.51. The summed E-state index contributed by atoms with van der Waals surface area (Å²) in [5, 5.41) is 7.09. The molecule has 0 saturated heterocycles. The van der Waals surface area contributed by atoms with Crippen molar-refractivity contribution >= 4 is 0 Å². The van der Waals surface area contributed by atoms with Crippen LogP contribution in [-0.4, -0.2) is 28.2 Å². The maximum atomic E-state index is 5.23. The number of nitrogens with one attached hydrogen (secondary N) is 1. The van der Waals surface area contributed by atoms with Crippen molar-refractivity contribution in [3.8, 4) is 11.6 Å². The predicted molar refractivity (Wildman–Crippen MR) is 64.5 cm³/mol. The summed E-state index contributed by atoms with van der Waals surface area (Å²) in [5.41, 5.74) is 1.78. The molecule has 0 amide bonds. The second-order valence-corrected chi connectivity index (χ2v) is 4.08. The van der Waals surface area contributed by atoms with E-state index in [2.05, 4.69) is 27.4 Å². The Bertz CT molecular complexity index is 495. The van der Waals surface area contributed by atoms with Crippen LogP contribution in [0, 0.1) is 6.92 Å². The smallest absolute Gasteiger partial charge is 0.276 e. The fourth-order valence-electron chi connectivity index (χ4n) is 1.52. The van der Waals surface area contributed by atoms with Crippen molar-refractivity contribution in [2.45, 2.75) is 26.3 Å². The van der Waals surface area contributed by atoms with Crippen molar-refractivity contribution in [3.63, 3.8) is 0 Å². The van der Waals surface area contributed by atoms with E-state index in [0.717, 1.165) is 17.7 Å². The molecule has 5 nitrogen and oxygen atoms in total. The summed E-state index contributed by atoms with van der Waals surface area (Å²) in [7, 11) is 1.91. The van der Waals surface area contributed by atoms with E-state index in [1.54, 1.807) is 6.20 Å². The molecule has 0 bridgehead atoms. The van der Waals surface area contributed by atoms with Gasteiger partial charge in [-0.1, -0.05) is 11.2 Å². The molecule has 1 unspecified atom stereocenters. The van der Waals surface area contributed by atoms with Gasteiger partial charge in [0.1, 0.15) is 5.69 Å². The monoisotopic (exact) mass is 232 g/mol. The summed E-state index contributed by atoms with van der Waals surface area (Å²) in [5.74, 6) is 1.19. The van der Waals surface area contributed by atoms with Gasteiger partial charge in [0.05, 0.1) is 0 Å². The van der Waals surface area contributed by atoms with Crippen molar-refractivity contribution in [2.24, 2.45) is 0 Å². The second kappa shape index (κ2) is 5.05. The molecule has 5 heteroatoms. The van der Waals surface area contributed by atoms with Crippen molar-refractivity contribution in [3.05, 3.63) is 29.7 Å². The van der Waals surface area contributed by atoms with Crippen LogP contribution in [0.25, 0.3) is 11.6 Å². The zero-order valence-electron chi connectivity index (χ0n) is 10.3. The zero-order chi connectivity index (χ0) is 12.3. The summed E-state index contributed by atoms with van der Waals surface area (Å²) in [4.78, 5) is 8.60. The Kier molecular flexibility index (Phi) is 3.49. The van der Waals surface area contributed by atoms with Crippen molar-refractivity contribution in [2.75, 3.05) is 7.05 Å². The Labute approximate surface area is 100 Å². The van der Waals surface area contributed by atoms with E-state index in [9.17, 15) is 0 Å². The molecule has 0 radical (unpaired) electrons. The molecule has 0 fully saturated rings. The lowest BCUT2D eigenvalue weighted by atomic mass is 10.2. The van der Waals surface area contributed by atoms with Gasteiger partial charge in [-0.05, 0) is 32.5 Å². The Morgan fingerprint density at radius 2 is 2.29 bits per heavy atom. The highest BCUT2D eigenvalue weighted by atomic mass is 16.5. The first-order chi connectivity index (χ1) is 8.20. The van der Waals surface area contributed by atoms with E-state index in [4.69, 9.17) is 4.52 Å². The van der Waals surface area contributed by atoms with Crippen LogP contribution in [0.3, 0.4) is 0 Å². The lowest BCUT2D eigenvalue weighted by molar-refractivity contribution is 0.417. The molecular weight excluding hydrogens is 216 g/mol. The van der Waals surface area contributed by atoms with Crippen LogP contribution in [0.1, 0.15) is 18.3 Å². The summed E-state index contributed by atoms with van der Waals surface area (Å²) in [6.07, 6.45) is 2.47. The minimum absolute atomic E-state index is 0.324. The van der Waals surface area contributed by atoms with Gasteiger partial charge >= 0.3 is 0 Å². The fraction of sp³-hybridized carbons (Fsp3) is 0.417. The van der Waals surface area contributed by atoms with E-state index in [-0.39, 0.29) is 0 Å². The SMILES string of the molecule is CNC(C)Cc1noc(-c2ncccc2C)n1. The predicted octanol–water partition coefficient (Wildman–Crippen LogP) is 1.59. The minimum atomic E-state index is 0.324. The van der Waals surface area contributed by atoms with E-state index in [1.807, 2.05) is 26.1 Å². The van der Waals surface area contributed by atoms with Crippen LogP contribution in [0.15, 0.2) is 22.9 Å². The van der Waals surface area contributed by atoms with Crippen LogP contribution < -0.4 is 5.32 Å². The van der Waals surface area contributed by atoms with Gasteiger partial charge in [0.25, 0.3) is 5.89 Å². The standard InChI is InChI=1S/C12H16N4O/c1-8-5-4-6-14-11(8)12-15-10(16-17-12)7-9(2)13-3/h4-6,9,13H,7H2,1-3H3. The normalized spacial score (nSPS) is 12.6. The summed E-state index contributed by atoms with van der Waals surface area (Å²) in [6.45, 7) is 4.05. The van der Waals surface area contributed by atoms with Crippen LogP contribution in [0.2, 0.25) is 0 Å². The number of aromatic nitrogens is 3. The van der Waals surface area contributed by atoms with Crippen molar-refractivity contribution in [1.29, 1.82) is 0 Å². The minimum Gasteiger partial charge on any atom is -0.332 e. The highest BCUT2D eigenvalue weighted by Gasteiger charge is 2.13. The number of hydrogen-bond acceptors (Lipinski definition) is 5. The molecule has 1 N–H and O–H groups in total. The molecule has 90 valence electrons. The third-order valence-electron chi connectivity index (χ3n) is 2.66. The Morgan fingerprint density at radius 1 is 1.47 bits per heavy atom. The van der Waals surface area contributed by atoms with E-state index < -0.39 is 0 Å². The number of likely N-dealkylation sites (N-methyl/N-ethyl adjacent to an activating group) is 1. The van der Waals surface area contributed by atoms with Gasteiger partial charge in [-0.15, -0.1) is 0 Å². The lowest BCUT2D eigenvalue weighted by Gasteiger charge is -2.04. The first kappa shape index (κ1) is 11.7. The Hall–Kier alpha value is -1.75. The Morgan fingerprint density at radius 3 is 3.00 bits per heavy atom. The maximum Gasteiger partial charge on any atom is 0.276 e. The van der Waals surface area contributed by atoms with E-state index in [1.165, 1.54) is 0 Å². The van der Waals surface area contributed by atoms with Gasteiger partial charge in [0, 0.05) is 18.7 Å². The van der Waals surface area contributed by atoms with Crippen LogP contribution in [0.4, 0.5) is 0 Å². The quantitative estimate of drug-likeness (QED) is 0.867. The van der Waals surface area contributed by atoms with E-state index >= 15 is 0 Å². The number of rotatable bonds is 4. The first-order valence-corrected chi connectivity index (χ1v) is 5.62.